The second kappa shape index (κ2) is 8.21. The highest BCUT2D eigenvalue weighted by molar-refractivity contribution is 8.26. The zero-order valence-electron chi connectivity index (χ0n) is 12.6. The number of carbonyl (C=O) groups is 2. The third kappa shape index (κ3) is 4.87. The molecule has 1 aliphatic rings. The third-order valence-electron chi connectivity index (χ3n) is 3.11. The van der Waals surface area contributed by atoms with E-state index in [4.69, 9.17) is 17.0 Å². The topological polar surface area (TPSA) is 46.6 Å². The number of nitrogens with zero attached hydrogens (tertiary/aromatic N) is 1. The van der Waals surface area contributed by atoms with Crippen molar-refractivity contribution in [2.75, 3.05) is 13.2 Å². The van der Waals surface area contributed by atoms with Gasteiger partial charge in [0.15, 0.2) is 0 Å². The molecule has 2 rings (SSSR count). The average Bonchev–Trinajstić information content (AvgIpc) is 2.77. The second-order valence-electron chi connectivity index (χ2n) is 4.79. The quantitative estimate of drug-likeness (QED) is 0.446. The summed E-state index contributed by atoms with van der Waals surface area (Å²) >= 11 is 6.42. The van der Waals surface area contributed by atoms with Crippen LogP contribution in [0.1, 0.15) is 25.3 Å². The van der Waals surface area contributed by atoms with Crippen LogP contribution in [0.2, 0.25) is 0 Å². The number of thiocarbonyl (C=S) groups is 1. The normalized spacial score (nSPS) is 16.3. The van der Waals surface area contributed by atoms with Gasteiger partial charge in [-0.15, -0.1) is 0 Å². The van der Waals surface area contributed by atoms with Crippen molar-refractivity contribution in [2.45, 2.75) is 19.8 Å². The highest BCUT2D eigenvalue weighted by atomic mass is 32.2. The smallest absolute Gasteiger partial charge is 0.305 e. The molecule has 1 amide bonds. The van der Waals surface area contributed by atoms with Crippen molar-refractivity contribution in [3.05, 3.63) is 40.6 Å². The first-order valence-corrected chi connectivity index (χ1v) is 8.40. The Balaban J connectivity index is 1.96. The summed E-state index contributed by atoms with van der Waals surface area (Å²) in [7, 11) is 0. The van der Waals surface area contributed by atoms with Crippen LogP contribution in [0, 0.1) is 5.82 Å². The fourth-order valence-corrected chi connectivity index (χ4v) is 3.33. The summed E-state index contributed by atoms with van der Waals surface area (Å²) in [4.78, 5) is 25.6. The van der Waals surface area contributed by atoms with Gasteiger partial charge in [0.05, 0.1) is 11.5 Å². The molecule has 0 saturated carbocycles. The molecule has 0 aromatic heterocycles. The standard InChI is InChI=1S/C16H16FNO3S2/c1-2-21-14(19)4-3-9-18-15(20)13(23-16(18)22)10-11-5-7-12(17)8-6-11/h5-8,10H,2-4,9H2,1H3/b13-10-. The van der Waals surface area contributed by atoms with Gasteiger partial charge < -0.3 is 4.74 Å². The van der Waals surface area contributed by atoms with E-state index in [-0.39, 0.29) is 24.1 Å². The highest BCUT2D eigenvalue weighted by Crippen LogP contribution is 2.32. The lowest BCUT2D eigenvalue weighted by Crippen LogP contribution is -2.29. The van der Waals surface area contributed by atoms with E-state index in [1.165, 1.54) is 28.8 Å². The van der Waals surface area contributed by atoms with Gasteiger partial charge in [0.2, 0.25) is 0 Å². The predicted molar refractivity (Wildman–Crippen MR) is 92.1 cm³/mol. The SMILES string of the molecule is CCOC(=O)CCCN1C(=O)/C(=C/c2ccc(F)cc2)SC1=S. The lowest BCUT2D eigenvalue weighted by molar-refractivity contribution is -0.143. The summed E-state index contributed by atoms with van der Waals surface area (Å²) in [5.41, 5.74) is 0.735. The Bertz CT molecular complexity index is 643. The summed E-state index contributed by atoms with van der Waals surface area (Å²) in [6.45, 7) is 2.48. The van der Waals surface area contributed by atoms with Crippen LogP contribution in [0.4, 0.5) is 4.39 Å². The molecule has 23 heavy (non-hydrogen) atoms. The molecule has 0 spiro atoms. The molecule has 1 saturated heterocycles. The Hall–Kier alpha value is -1.73. The number of esters is 1. The van der Waals surface area contributed by atoms with E-state index in [1.54, 1.807) is 25.1 Å². The third-order valence-corrected chi connectivity index (χ3v) is 4.49. The molecule has 0 unspecified atom stereocenters. The monoisotopic (exact) mass is 353 g/mol. The number of hydrogen-bond donors (Lipinski definition) is 0. The second-order valence-corrected chi connectivity index (χ2v) is 6.47. The van der Waals surface area contributed by atoms with Crippen molar-refractivity contribution in [1.29, 1.82) is 0 Å². The van der Waals surface area contributed by atoms with Crippen molar-refractivity contribution in [2.24, 2.45) is 0 Å². The highest BCUT2D eigenvalue weighted by Gasteiger charge is 2.31. The predicted octanol–water partition coefficient (Wildman–Crippen LogP) is 3.37. The Morgan fingerprint density at radius 2 is 2.09 bits per heavy atom. The van der Waals surface area contributed by atoms with Crippen molar-refractivity contribution < 1.29 is 18.7 Å². The first kappa shape index (κ1) is 17.6. The molecular weight excluding hydrogens is 337 g/mol. The molecule has 4 nitrogen and oxygen atoms in total. The van der Waals surface area contributed by atoms with Gasteiger partial charge >= 0.3 is 5.97 Å². The van der Waals surface area contributed by atoms with Gasteiger partial charge in [0, 0.05) is 13.0 Å². The Kier molecular flexibility index (Phi) is 6.29. The molecule has 0 N–H and O–H groups in total. The number of carbonyl (C=O) groups excluding carboxylic acids is 2. The largest absolute Gasteiger partial charge is 0.466 e. The van der Waals surface area contributed by atoms with E-state index in [0.29, 0.717) is 28.8 Å². The van der Waals surface area contributed by atoms with Gasteiger partial charge in [0.1, 0.15) is 10.1 Å². The maximum absolute atomic E-state index is 12.9. The minimum Gasteiger partial charge on any atom is -0.466 e. The molecule has 1 fully saturated rings. The number of benzene rings is 1. The molecule has 0 radical (unpaired) electrons. The van der Waals surface area contributed by atoms with Crippen molar-refractivity contribution in [3.8, 4) is 0 Å². The number of thioether (sulfide) groups is 1. The van der Waals surface area contributed by atoms with E-state index in [0.717, 1.165) is 5.56 Å². The van der Waals surface area contributed by atoms with Gasteiger partial charge in [-0.3, -0.25) is 14.5 Å². The van der Waals surface area contributed by atoms with E-state index >= 15 is 0 Å². The molecule has 1 aliphatic heterocycles. The Labute approximate surface area is 143 Å². The molecular formula is C16H16FNO3S2. The van der Waals surface area contributed by atoms with Gasteiger partial charge in [-0.1, -0.05) is 36.1 Å². The number of hydrogen-bond acceptors (Lipinski definition) is 5. The summed E-state index contributed by atoms with van der Waals surface area (Å²) in [6, 6.07) is 5.88. The van der Waals surface area contributed by atoms with Crippen LogP contribution in [-0.2, 0) is 14.3 Å². The molecule has 0 atom stereocenters. The molecule has 1 aromatic rings. The van der Waals surface area contributed by atoms with Crippen LogP contribution in [0.15, 0.2) is 29.2 Å². The summed E-state index contributed by atoms with van der Waals surface area (Å²) in [5.74, 6) is -0.790. The molecule has 122 valence electrons. The van der Waals surface area contributed by atoms with E-state index in [2.05, 4.69) is 0 Å². The molecule has 1 aromatic carbocycles. The van der Waals surface area contributed by atoms with Gasteiger partial charge in [-0.2, -0.15) is 0 Å². The first-order chi connectivity index (χ1) is 11.0. The van der Waals surface area contributed by atoms with Crippen LogP contribution in [0.3, 0.4) is 0 Å². The maximum atomic E-state index is 12.9. The van der Waals surface area contributed by atoms with Crippen molar-refractivity contribution in [3.63, 3.8) is 0 Å². The Morgan fingerprint density at radius 1 is 1.39 bits per heavy atom. The minimum absolute atomic E-state index is 0.187. The molecule has 7 heteroatoms. The van der Waals surface area contributed by atoms with Crippen LogP contribution >= 0.6 is 24.0 Å². The number of amides is 1. The fraction of sp³-hybridized carbons (Fsp3) is 0.312. The van der Waals surface area contributed by atoms with E-state index in [9.17, 15) is 14.0 Å². The van der Waals surface area contributed by atoms with E-state index < -0.39 is 0 Å². The summed E-state index contributed by atoms with van der Waals surface area (Å²) in [5, 5.41) is 0. The number of rotatable bonds is 6. The van der Waals surface area contributed by atoms with Crippen molar-refractivity contribution >= 4 is 46.3 Å². The Morgan fingerprint density at radius 3 is 2.74 bits per heavy atom. The van der Waals surface area contributed by atoms with Crippen LogP contribution in [0.5, 0.6) is 0 Å². The maximum Gasteiger partial charge on any atom is 0.305 e. The van der Waals surface area contributed by atoms with Gasteiger partial charge in [-0.05, 0) is 37.1 Å². The number of ether oxygens (including phenoxy) is 1. The first-order valence-electron chi connectivity index (χ1n) is 7.18. The summed E-state index contributed by atoms with van der Waals surface area (Å²) < 4.78 is 18.2. The summed E-state index contributed by atoms with van der Waals surface area (Å²) in [6.07, 6.45) is 2.43. The lowest BCUT2D eigenvalue weighted by atomic mass is 10.2. The zero-order valence-corrected chi connectivity index (χ0v) is 14.2. The van der Waals surface area contributed by atoms with Crippen molar-refractivity contribution in [1.82, 2.24) is 4.90 Å². The molecule has 0 bridgehead atoms. The van der Waals surface area contributed by atoms with E-state index in [1.807, 2.05) is 0 Å². The fourth-order valence-electron chi connectivity index (χ4n) is 2.02. The molecule has 0 aliphatic carbocycles. The minimum atomic E-state index is -0.325. The van der Waals surface area contributed by atoms with Gasteiger partial charge in [0.25, 0.3) is 5.91 Å². The van der Waals surface area contributed by atoms with Gasteiger partial charge in [-0.25, -0.2) is 4.39 Å². The zero-order chi connectivity index (χ0) is 16.8. The number of halogens is 1. The van der Waals surface area contributed by atoms with Crippen LogP contribution in [0.25, 0.3) is 6.08 Å². The lowest BCUT2D eigenvalue weighted by Gasteiger charge is -2.13. The average molecular weight is 353 g/mol. The molecule has 1 heterocycles. The van der Waals surface area contributed by atoms with Crippen LogP contribution in [-0.4, -0.2) is 34.2 Å². The van der Waals surface area contributed by atoms with Crippen LogP contribution < -0.4 is 0 Å².